The molecule has 0 saturated heterocycles. The standard InChI is InChI=1S/C10H11ClF3N3O2/c1-18-17-8(3-15)9-7(11)2-6(4-16-9)19-5-10(12,13)14/h2,4H,3,5,15H2,1H3. The number of oxime groups is 1. The maximum atomic E-state index is 12.0. The van der Waals surface area contributed by atoms with Crippen LogP contribution in [0.15, 0.2) is 17.4 Å². The maximum absolute atomic E-state index is 12.0. The Morgan fingerprint density at radius 1 is 1.53 bits per heavy atom. The van der Waals surface area contributed by atoms with Crippen molar-refractivity contribution in [1.29, 1.82) is 0 Å². The van der Waals surface area contributed by atoms with E-state index in [1.165, 1.54) is 13.2 Å². The number of aromatic nitrogens is 1. The van der Waals surface area contributed by atoms with Crippen molar-refractivity contribution in [3.63, 3.8) is 0 Å². The van der Waals surface area contributed by atoms with E-state index in [1.54, 1.807) is 0 Å². The Labute approximate surface area is 112 Å². The maximum Gasteiger partial charge on any atom is 0.422 e. The molecule has 2 N–H and O–H groups in total. The van der Waals surface area contributed by atoms with Gasteiger partial charge in [0.05, 0.1) is 11.2 Å². The van der Waals surface area contributed by atoms with Gasteiger partial charge >= 0.3 is 6.18 Å². The average Bonchev–Trinajstić information content (AvgIpc) is 2.33. The van der Waals surface area contributed by atoms with Gasteiger partial charge in [0.1, 0.15) is 24.3 Å². The number of pyridine rings is 1. The number of hydrogen-bond donors (Lipinski definition) is 1. The summed E-state index contributed by atoms with van der Waals surface area (Å²) in [6.07, 6.45) is -3.32. The van der Waals surface area contributed by atoms with Crippen molar-refractivity contribution in [2.75, 3.05) is 20.3 Å². The van der Waals surface area contributed by atoms with Crippen LogP contribution in [0.2, 0.25) is 5.02 Å². The lowest BCUT2D eigenvalue weighted by atomic mass is 10.2. The van der Waals surface area contributed by atoms with Gasteiger partial charge in [0.2, 0.25) is 0 Å². The minimum Gasteiger partial charge on any atom is -0.482 e. The molecule has 1 heterocycles. The summed E-state index contributed by atoms with van der Waals surface area (Å²) in [7, 11) is 1.32. The van der Waals surface area contributed by atoms with E-state index in [0.29, 0.717) is 0 Å². The number of halogens is 4. The van der Waals surface area contributed by atoms with Gasteiger partial charge in [0.25, 0.3) is 0 Å². The quantitative estimate of drug-likeness (QED) is 0.666. The molecule has 9 heteroatoms. The average molecular weight is 298 g/mol. The molecule has 0 unspecified atom stereocenters. The first-order valence-electron chi connectivity index (χ1n) is 5.03. The van der Waals surface area contributed by atoms with Crippen LogP contribution >= 0.6 is 11.6 Å². The van der Waals surface area contributed by atoms with Crippen LogP contribution in [0.1, 0.15) is 5.69 Å². The fourth-order valence-corrected chi connectivity index (χ4v) is 1.43. The molecule has 0 aliphatic rings. The Morgan fingerprint density at radius 2 is 2.21 bits per heavy atom. The van der Waals surface area contributed by atoms with Crippen LogP contribution in [0.5, 0.6) is 5.75 Å². The van der Waals surface area contributed by atoms with E-state index < -0.39 is 12.8 Å². The Morgan fingerprint density at radius 3 is 2.68 bits per heavy atom. The lowest BCUT2D eigenvalue weighted by molar-refractivity contribution is -0.153. The zero-order chi connectivity index (χ0) is 14.5. The molecule has 5 nitrogen and oxygen atoms in total. The molecule has 0 spiro atoms. The van der Waals surface area contributed by atoms with E-state index in [2.05, 4.69) is 19.7 Å². The van der Waals surface area contributed by atoms with Crippen LogP contribution in [0.25, 0.3) is 0 Å². The van der Waals surface area contributed by atoms with Crippen molar-refractivity contribution >= 4 is 17.3 Å². The molecule has 0 aliphatic heterocycles. The third-order valence-corrected chi connectivity index (χ3v) is 2.17. The molecule has 1 aromatic rings. The zero-order valence-corrected chi connectivity index (χ0v) is 10.6. The van der Waals surface area contributed by atoms with E-state index in [0.717, 1.165) is 6.20 Å². The lowest BCUT2D eigenvalue weighted by Gasteiger charge is -2.10. The molecule has 106 valence electrons. The van der Waals surface area contributed by atoms with Crippen molar-refractivity contribution in [2.24, 2.45) is 10.9 Å². The molecule has 0 aromatic carbocycles. The Bertz CT molecular complexity index is 466. The van der Waals surface area contributed by atoms with Crippen LogP contribution in [0.3, 0.4) is 0 Å². The van der Waals surface area contributed by atoms with E-state index in [4.69, 9.17) is 17.3 Å². The summed E-state index contributed by atoms with van der Waals surface area (Å²) in [4.78, 5) is 8.41. The highest BCUT2D eigenvalue weighted by atomic mass is 35.5. The van der Waals surface area contributed by atoms with Crippen molar-refractivity contribution in [3.05, 3.63) is 23.0 Å². The Balaban J connectivity index is 2.88. The molecule has 0 saturated carbocycles. The minimum absolute atomic E-state index is 0.0172. The van der Waals surface area contributed by atoms with Gasteiger partial charge in [-0.15, -0.1) is 0 Å². The Kier molecular flexibility index (Phi) is 5.37. The second-order valence-corrected chi connectivity index (χ2v) is 3.74. The first-order chi connectivity index (χ1) is 8.87. The van der Waals surface area contributed by atoms with Crippen LogP contribution in [-0.4, -0.2) is 37.1 Å². The van der Waals surface area contributed by atoms with E-state index in [1.807, 2.05) is 0 Å². The van der Waals surface area contributed by atoms with Crippen molar-refractivity contribution < 1.29 is 22.7 Å². The van der Waals surface area contributed by atoms with Crippen LogP contribution in [0.4, 0.5) is 13.2 Å². The van der Waals surface area contributed by atoms with Gasteiger partial charge in [0, 0.05) is 12.6 Å². The summed E-state index contributed by atoms with van der Waals surface area (Å²) in [6, 6.07) is 1.20. The normalized spacial score (nSPS) is 12.4. The molecule has 1 aromatic heterocycles. The molecule has 0 amide bonds. The number of alkyl halides is 3. The molecular weight excluding hydrogens is 287 g/mol. The minimum atomic E-state index is -4.43. The summed E-state index contributed by atoms with van der Waals surface area (Å²) in [6.45, 7) is -1.40. The molecule has 1 rings (SSSR count). The van der Waals surface area contributed by atoms with Crippen LogP contribution in [-0.2, 0) is 4.84 Å². The third-order valence-electron chi connectivity index (χ3n) is 1.89. The monoisotopic (exact) mass is 297 g/mol. The van der Waals surface area contributed by atoms with Gasteiger partial charge in [-0.25, -0.2) is 4.98 Å². The molecule has 0 fully saturated rings. The molecular formula is C10H11ClF3N3O2. The summed E-state index contributed by atoms with van der Waals surface area (Å²) < 4.78 is 40.4. The molecule has 0 atom stereocenters. The summed E-state index contributed by atoms with van der Waals surface area (Å²) in [5.74, 6) is -0.0973. The SMILES string of the molecule is CON=C(CN)c1ncc(OCC(F)(F)F)cc1Cl. The molecule has 0 bridgehead atoms. The highest BCUT2D eigenvalue weighted by Crippen LogP contribution is 2.23. The van der Waals surface area contributed by atoms with Crippen molar-refractivity contribution in [3.8, 4) is 5.75 Å². The zero-order valence-electron chi connectivity index (χ0n) is 9.87. The third kappa shape index (κ3) is 4.92. The van der Waals surface area contributed by atoms with Gasteiger partial charge in [-0.1, -0.05) is 16.8 Å². The smallest absolute Gasteiger partial charge is 0.422 e. The van der Waals surface area contributed by atoms with Gasteiger partial charge in [-0.3, -0.25) is 0 Å². The summed E-state index contributed by atoms with van der Waals surface area (Å²) in [5.41, 5.74) is 5.92. The van der Waals surface area contributed by atoms with Crippen LogP contribution < -0.4 is 10.5 Å². The van der Waals surface area contributed by atoms with Crippen molar-refractivity contribution in [2.45, 2.75) is 6.18 Å². The van der Waals surface area contributed by atoms with Gasteiger partial charge in [-0.05, 0) is 0 Å². The highest BCUT2D eigenvalue weighted by molar-refractivity contribution is 6.34. The van der Waals surface area contributed by atoms with E-state index in [9.17, 15) is 13.2 Å². The Hall–Kier alpha value is -1.54. The second-order valence-electron chi connectivity index (χ2n) is 3.33. The van der Waals surface area contributed by atoms with Gasteiger partial charge in [-0.2, -0.15) is 13.2 Å². The second kappa shape index (κ2) is 6.58. The van der Waals surface area contributed by atoms with E-state index >= 15 is 0 Å². The number of nitrogens with zero attached hydrogens (tertiary/aromatic N) is 2. The summed E-state index contributed by atoms with van der Waals surface area (Å²) in [5, 5.41) is 3.68. The first-order valence-corrected chi connectivity index (χ1v) is 5.40. The predicted molar refractivity (Wildman–Crippen MR) is 63.4 cm³/mol. The molecule has 0 radical (unpaired) electrons. The number of rotatable bonds is 5. The van der Waals surface area contributed by atoms with E-state index in [-0.39, 0.29) is 28.7 Å². The number of ether oxygens (including phenoxy) is 1. The van der Waals surface area contributed by atoms with Crippen molar-refractivity contribution in [1.82, 2.24) is 4.98 Å². The first kappa shape index (κ1) is 15.5. The van der Waals surface area contributed by atoms with Gasteiger partial charge < -0.3 is 15.3 Å². The largest absolute Gasteiger partial charge is 0.482 e. The number of hydrogen-bond acceptors (Lipinski definition) is 5. The molecule has 19 heavy (non-hydrogen) atoms. The van der Waals surface area contributed by atoms with Gasteiger partial charge in [0.15, 0.2) is 6.61 Å². The fourth-order valence-electron chi connectivity index (χ4n) is 1.16. The topological polar surface area (TPSA) is 69.7 Å². The highest BCUT2D eigenvalue weighted by Gasteiger charge is 2.28. The molecule has 0 aliphatic carbocycles. The summed E-state index contributed by atoms with van der Waals surface area (Å²) >= 11 is 5.87. The van der Waals surface area contributed by atoms with Crippen LogP contribution in [0, 0.1) is 0 Å². The number of nitrogens with two attached hydrogens (primary N) is 1. The lowest BCUT2D eigenvalue weighted by Crippen LogP contribution is -2.20. The fraction of sp³-hybridized carbons (Fsp3) is 0.400. The predicted octanol–water partition coefficient (Wildman–Crippen LogP) is 1.99.